The van der Waals surface area contributed by atoms with Gasteiger partial charge in [-0.15, -0.1) is 0 Å². The normalized spacial score (nSPS) is 15.0. The highest BCUT2D eigenvalue weighted by Crippen LogP contribution is 2.29. The monoisotopic (exact) mass is 205 g/mol. The van der Waals surface area contributed by atoms with Crippen LogP contribution in [0.25, 0.3) is 0 Å². The van der Waals surface area contributed by atoms with Crippen LogP contribution in [0.2, 0.25) is 0 Å². The maximum absolute atomic E-state index is 11.2. The van der Waals surface area contributed by atoms with Gasteiger partial charge in [0.15, 0.2) is 5.78 Å². The van der Waals surface area contributed by atoms with Gasteiger partial charge in [-0.1, -0.05) is 0 Å². The Labute approximate surface area is 89.2 Å². The summed E-state index contributed by atoms with van der Waals surface area (Å²) in [6, 6.07) is 7.17. The Hall–Kier alpha value is -1.35. The minimum Gasteiger partial charge on any atom is -0.493 e. The summed E-state index contributed by atoms with van der Waals surface area (Å²) in [5.41, 5.74) is 5.92. The Balaban J connectivity index is 1.93. The van der Waals surface area contributed by atoms with Gasteiger partial charge >= 0.3 is 0 Å². The van der Waals surface area contributed by atoms with Crippen molar-refractivity contribution in [2.75, 3.05) is 13.2 Å². The molecule has 0 bridgehead atoms. The molecule has 2 N–H and O–H groups in total. The lowest BCUT2D eigenvalue weighted by Crippen LogP contribution is -2.13. The van der Waals surface area contributed by atoms with Gasteiger partial charge in [-0.3, -0.25) is 4.79 Å². The van der Waals surface area contributed by atoms with E-state index in [1.807, 2.05) is 12.1 Å². The quantitative estimate of drug-likeness (QED) is 0.743. The van der Waals surface area contributed by atoms with E-state index < -0.39 is 0 Å². The van der Waals surface area contributed by atoms with Crippen LogP contribution in [0.15, 0.2) is 24.3 Å². The first-order valence-electron chi connectivity index (χ1n) is 5.25. The van der Waals surface area contributed by atoms with E-state index in [0.29, 0.717) is 5.56 Å². The molecule has 1 aliphatic rings. The van der Waals surface area contributed by atoms with E-state index in [2.05, 4.69) is 0 Å². The standard InChI is InChI=1S/C12H15NO2/c13-7-12(14)10-3-5-11(6-4-10)15-8-9-1-2-9/h3-6,9H,1-2,7-8,13H2. The number of rotatable bonds is 5. The van der Waals surface area contributed by atoms with Gasteiger partial charge in [0.2, 0.25) is 0 Å². The molecule has 0 atom stereocenters. The second-order valence-electron chi connectivity index (χ2n) is 3.91. The highest BCUT2D eigenvalue weighted by Gasteiger charge is 2.21. The van der Waals surface area contributed by atoms with Gasteiger partial charge in [0, 0.05) is 5.56 Å². The Morgan fingerprint density at radius 2 is 2.00 bits per heavy atom. The molecule has 3 nitrogen and oxygen atoms in total. The first-order chi connectivity index (χ1) is 7.29. The molecule has 0 radical (unpaired) electrons. The molecular formula is C12H15NO2. The molecule has 3 heteroatoms. The average Bonchev–Trinajstić information content (AvgIpc) is 3.10. The van der Waals surface area contributed by atoms with Gasteiger partial charge < -0.3 is 10.5 Å². The fraction of sp³-hybridized carbons (Fsp3) is 0.417. The van der Waals surface area contributed by atoms with Crippen LogP contribution in [0.1, 0.15) is 23.2 Å². The predicted octanol–water partition coefficient (Wildman–Crippen LogP) is 1.62. The number of ether oxygens (including phenoxy) is 1. The number of benzene rings is 1. The van der Waals surface area contributed by atoms with Crippen LogP contribution in [0.4, 0.5) is 0 Å². The minimum atomic E-state index is -0.0382. The maximum atomic E-state index is 11.2. The number of ketones is 1. The third kappa shape index (κ3) is 2.80. The maximum Gasteiger partial charge on any atom is 0.176 e. The fourth-order valence-electron chi connectivity index (χ4n) is 1.35. The van der Waals surface area contributed by atoms with Crippen LogP contribution in [-0.2, 0) is 0 Å². The van der Waals surface area contributed by atoms with E-state index in [-0.39, 0.29) is 12.3 Å². The molecule has 0 saturated heterocycles. The first-order valence-corrected chi connectivity index (χ1v) is 5.25. The molecule has 1 fully saturated rings. The van der Waals surface area contributed by atoms with E-state index in [1.165, 1.54) is 12.8 Å². The summed E-state index contributed by atoms with van der Waals surface area (Å²) >= 11 is 0. The molecule has 0 amide bonds. The van der Waals surface area contributed by atoms with E-state index in [0.717, 1.165) is 18.3 Å². The van der Waals surface area contributed by atoms with E-state index in [9.17, 15) is 4.79 Å². The average molecular weight is 205 g/mol. The van der Waals surface area contributed by atoms with Crippen molar-refractivity contribution in [2.24, 2.45) is 11.7 Å². The second kappa shape index (κ2) is 4.45. The van der Waals surface area contributed by atoms with Crippen molar-refractivity contribution in [3.63, 3.8) is 0 Å². The smallest absolute Gasteiger partial charge is 0.176 e. The summed E-state index contributed by atoms with van der Waals surface area (Å²) in [4.78, 5) is 11.2. The summed E-state index contributed by atoms with van der Waals surface area (Å²) in [5, 5.41) is 0. The molecule has 1 aromatic rings. The van der Waals surface area contributed by atoms with Crippen LogP contribution < -0.4 is 10.5 Å². The van der Waals surface area contributed by atoms with Crippen LogP contribution in [0.3, 0.4) is 0 Å². The number of nitrogens with two attached hydrogens (primary N) is 1. The Kier molecular flexibility index (Phi) is 3.02. The SMILES string of the molecule is NCC(=O)c1ccc(OCC2CC2)cc1. The lowest BCUT2D eigenvalue weighted by atomic mass is 10.1. The van der Waals surface area contributed by atoms with Crippen molar-refractivity contribution in [1.29, 1.82) is 0 Å². The molecule has 80 valence electrons. The van der Waals surface area contributed by atoms with Crippen LogP contribution in [0.5, 0.6) is 5.75 Å². The number of carbonyl (C=O) groups excluding carboxylic acids is 1. The Morgan fingerprint density at radius 3 is 2.53 bits per heavy atom. The van der Waals surface area contributed by atoms with Crippen molar-refractivity contribution in [3.8, 4) is 5.75 Å². The zero-order valence-corrected chi connectivity index (χ0v) is 8.61. The van der Waals surface area contributed by atoms with Gasteiger partial charge in [-0.05, 0) is 43.0 Å². The zero-order chi connectivity index (χ0) is 10.7. The first kappa shape index (κ1) is 10.2. The lowest BCUT2D eigenvalue weighted by molar-refractivity contribution is 0.100. The summed E-state index contributed by atoms with van der Waals surface area (Å²) < 4.78 is 5.56. The minimum absolute atomic E-state index is 0.0382. The molecule has 1 saturated carbocycles. The molecule has 1 aromatic carbocycles. The predicted molar refractivity (Wildman–Crippen MR) is 58.0 cm³/mol. The van der Waals surface area contributed by atoms with Crippen LogP contribution >= 0.6 is 0 Å². The van der Waals surface area contributed by atoms with Crippen LogP contribution in [-0.4, -0.2) is 18.9 Å². The van der Waals surface area contributed by atoms with E-state index in [4.69, 9.17) is 10.5 Å². The molecule has 0 aliphatic heterocycles. The summed E-state index contributed by atoms with van der Waals surface area (Å²) in [6.07, 6.45) is 2.56. The molecule has 0 aromatic heterocycles. The summed E-state index contributed by atoms with van der Waals surface area (Å²) in [6.45, 7) is 0.854. The zero-order valence-electron chi connectivity index (χ0n) is 8.61. The number of hydrogen-bond donors (Lipinski definition) is 1. The van der Waals surface area contributed by atoms with Crippen molar-refractivity contribution >= 4 is 5.78 Å². The number of Topliss-reactive ketones (excluding diaryl/α,β-unsaturated/α-hetero) is 1. The van der Waals surface area contributed by atoms with Gasteiger partial charge in [0.1, 0.15) is 5.75 Å². The molecule has 0 spiro atoms. The van der Waals surface area contributed by atoms with Gasteiger partial charge in [0.05, 0.1) is 13.2 Å². The molecule has 0 heterocycles. The topological polar surface area (TPSA) is 52.3 Å². The molecule has 0 unspecified atom stereocenters. The third-order valence-corrected chi connectivity index (χ3v) is 2.54. The lowest BCUT2D eigenvalue weighted by Gasteiger charge is -2.05. The number of carbonyl (C=O) groups is 1. The Bertz CT molecular complexity index is 341. The molecule has 1 aliphatic carbocycles. The summed E-state index contributed by atoms with van der Waals surface area (Å²) in [7, 11) is 0. The molecule has 2 rings (SSSR count). The van der Waals surface area contributed by atoms with Crippen LogP contribution in [0, 0.1) is 5.92 Å². The van der Waals surface area contributed by atoms with Crippen molar-refractivity contribution in [3.05, 3.63) is 29.8 Å². The number of hydrogen-bond acceptors (Lipinski definition) is 3. The highest BCUT2D eigenvalue weighted by atomic mass is 16.5. The van der Waals surface area contributed by atoms with E-state index in [1.54, 1.807) is 12.1 Å². The van der Waals surface area contributed by atoms with Gasteiger partial charge in [-0.2, -0.15) is 0 Å². The van der Waals surface area contributed by atoms with E-state index >= 15 is 0 Å². The van der Waals surface area contributed by atoms with Crippen molar-refractivity contribution < 1.29 is 9.53 Å². The largest absolute Gasteiger partial charge is 0.493 e. The second-order valence-corrected chi connectivity index (χ2v) is 3.91. The third-order valence-electron chi connectivity index (χ3n) is 2.54. The highest BCUT2D eigenvalue weighted by molar-refractivity contribution is 5.97. The van der Waals surface area contributed by atoms with Gasteiger partial charge in [-0.25, -0.2) is 0 Å². The Morgan fingerprint density at radius 1 is 1.33 bits per heavy atom. The van der Waals surface area contributed by atoms with Gasteiger partial charge in [0.25, 0.3) is 0 Å². The molecule has 15 heavy (non-hydrogen) atoms. The summed E-state index contributed by atoms with van der Waals surface area (Å²) in [5.74, 6) is 1.54. The molecular weight excluding hydrogens is 190 g/mol. The van der Waals surface area contributed by atoms with Crippen molar-refractivity contribution in [2.45, 2.75) is 12.8 Å². The fourth-order valence-corrected chi connectivity index (χ4v) is 1.35. The van der Waals surface area contributed by atoms with Crippen molar-refractivity contribution in [1.82, 2.24) is 0 Å².